The van der Waals surface area contributed by atoms with Crippen molar-refractivity contribution >= 4 is 0 Å². The Labute approximate surface area is 112 Å². The first kappa shape index (κ1) is 15.2. The van der Waals surface area contributed by atoms with Crippen LogP contribution in [0.3, 0.4) is 0 Å². The number of nitrogens with zero attached hydrogens (tertiary/aromatic N) is 1. The van der Waals surface area contributed by atoms with Crippen molar-refractivity contribution < 1.29 is 0 Å². The van der Waals surface area contributed by atoms with Crippen LogP contribution in [-0.4, -0.2) is 17.6 Å². The highest BCUT2D eigenvalue weighted by molar-refractivity contribution is 5.11. The Morgan fingerprint density at radius 3 is 2.61 bits per heavy atom. The summed E-state index contributed by atoms with van der Waals surface area (Å²) in [5, 5.41) is 3.62. The minimum atomic E-state index is 0.493. The minimum absolute atomic E-state index is 0.493. The van der Waals surface area contributed by atoms with E-state index in [0.717, 1.165) is 6.54 Å². The van der Waals surface area contributed by atoms with E-state index < -0.39 is 0 Å². The van der Waals surface area contributed by atoms with Gasteiger partial charge in [0, 0.05) is 23.9 Å². The topological polar surface area (TPSA) is 24.9 Å². The monoisotopic (exact) mass is 248 g/mol. The smallest absolute Gasteiger partial charge is 0.0447 e. The molecule has 1 heterocycles. The van der Waals surface area contributed by atoms with Crippen LogP contribution in [0.1, 0.15) is 64.5 Å². The third-order valence-electron chi connectivity index (χ3n) is 3.59. The molecule has 0 fully saturated rings. The van der Waals surface area contributed by atoms with Crippen LogP contribution < -0.4 is 5.32 Å². The third kappa shape index (κ3) is 5.18. The molecule has 2 unspecified atom stereocenters. The van der Waals surface area contributed by atoms with E-state index in [9.17, 15) is 0 Å². The van der Waals surface area contributed by atoms with Crippen molar-refractivity contribution in [3.63, 3.8) is 0 Å². The van der Waals surface area contributed by atoms with Gasteiger partial charge in [0.25, 0.3) is 0 Å². The van der Waals surface area contributed by atoms with Crippen molar-refractivity contribution in [3.8, 4) is 0 Å². The fourth-order valence-corrected chi connectivity index (χ4v) is 2.43. The number of hydrogen-bond donors (Lipinski definition) is 1. The molecule has 2 heteroatoms. The Morgan fingerprint density at radius 2 is 2.00 bits per heavy atom. The van der Waals surface area contributed by atoms with Gasteiger partial charge in [-0.3, -0.25) is 4.98 Å². The lowest BCUT2D eigenvalue weighted by Crippen LogP contribution is -2.34. The Hall–Kier alpha value is -0.890. The molecule has 0 radical (unpaired) electrons. The zero-order chi connectivity index (χ0) is 13.2. The summed E-state index contributed by atoms with van der Waals surface area (Å²) in [5.41, 5.74) is 1.21. The first-order valence-corrected chi connectivity index (χ1v) is 7.43. The molecule has 0 bridgehead atoms. The lowest BCUT2D eigenvalue weighted by atomic mass is 9.93. The number of unbranched alkanes of at least 4 members (excludes halogenated alkanes) is 3. The number of aromatic nitrogens is 1. The molecule has 1 aromatic rings. The summed E-state index contributed by atoms with van der Waals surface area (Å²) in [6.45, 7) is 7.77. The van der Waals surface area contributed by atoms with Gasteiger partial charge in [-0.25, -0.2) is 0 Å². The molecule has 0 aliphatic carbocycles. The number of pyridine rings is 1. The van der Waals surface area contributed by atoms with E-state index in [0.29, 0.717) is 12.0 Å². The summed E-state index contributed by atoms with van der Waals surface area (Å²) < 4.78 is 0. The summed E-state index contributed by atoms with van der Waals surface area (Å²) in [5.74, 6) is 0.493. The zero-order valence-electron chi connectivity index (χ0n) is 12.2. The molecule has 102 valence electrons. The third-order valence-corrected chi connectivity index (χ3v) is 3.59. The fraction of sp³-hybridized carbons (Fsp3) is 0.688. The second kappa shape index (κ2) is 9.09. The van der Waals surface area contributed by atoms with Crippen LogP contribution in [-0.2, 0) is 0 Å². The molecule has 0 aliphatic rings. The van der Waals surface area contributed by atoms with Crippen LogP contribution in [0.2, 0.25) is 0 Å². The first-order chi connectivity index (χ1) is 8.79. The summed E-state index contributed by atoms with van der Waals surface area (Å²) in [6.07, 6.45) is 8.49. The number of rotatable bonds is 9. The van der Waals surface area contributed by atoms with Crippen molar-refractivity contribution in [1.29, 1.82) is 0 Å². The van der Waals surface area contributed by atoms with Crippen molar-refractivity contribution in [2.75, 3.05) is 6.54 Å². The average molecular weight is 248 g/mol. The number of hydrogen-bond acceptors (Lipinski definition) is 2. The van der Waals surface area contributed by atoms with Gasteiger partial charge >= 0.3 is 0 Å². The van der Waals surface area contributed by atoms with Crippen molar-refractivity contribution in [2.45, 2.75) is 64.8 Å². The van der Waals surface area contributed by atoms with Gasteiger partial charge in [-0.05, 0) is 25.1 Å². The second-order valence-electron chi connectivity index (χ2n) is 5.06. The average Bonchev–Trinajstić information content (AvgIpc) is 2.42. The minimum Gasteiger partial charge on any atom is -0.314 e. The van der Waals surface area contributed by atoms with Crippen LogP contribution >= 0.6 is 0 Å². The Balaban J connectivity index is 2.49. The zero-order valence-corrected chi connectivity index (χ0v) is 12.2. The van der Waals surface area contributed by atoms with Crippen LogP contribution in [0, 0.1) is 0 Å². The summed E-state index contributed by atoms with van der Waals surface area (Å²) in [4.78, 5) is 4.49. The number of likely N-dealkylation sites (N-methyl/N-ethyl adjacent to an activating group) is 1. The van der Waals surface area contributed by atoms with Gasteiger partial charge in [-0.1, -0.05) is 52.5 Å². The molecule has 18 heavy (non-hydrogen) atoms. The Kier molecular flexibility index (Phi) is 7.66. The van der Waals surface area contributed by atoms with Crippen LogP contribution in [0.4, 0.5) is 0 Å². The van der Waals surface area contributed by atoms with E-state index in [1.807, 2.05) is 12.3 Å². The molecule has 1 aromatic heterocycles. The Bertz CT molecular complexity index is 297. The van der Waals surface area contributed by atoms with E-state index in [2.05, 4.69) is 43.2 Å². The molecule has 0 saturated heterocycles. The van der Waals surface area contributed by atoms with E-state index in [1.165, 1.54) is 37.8 Å². The summed E-state index contributed by atoms with van der Waals surface area (Å²) in [7, 11) is 0. The maximum Gasteiger partial charge on any atom is 0.0447 e. The molecule has 0 aliphatic heterocycles. The van der Waals surface area contributed by atoms with Gasteiger partial charge < -0.3 is 5.32 Å². The maximum absolute atomic E-state index is 4.49. The number of nitrogens with one attached hydrogen (secondary N) is 1. The van der Waals surface area contributed by atoms with E-state index in [4.69, 9.17) is 0 Å². The SMILES string of the molecule is CCCCCCC(NCC)C(C)c1ccccn1. The van der Waals surface area contributed by atoms with Crippen molar-refractivity contribution in [3.05, 3.63) is 30.1 Å². The predicted octanol–water partition coefficient (Wildman–Crippen LogP) is 4.13. The van der Waals surface area contributed by atoms with E-state index in [1.54, 1.807) is 0 Å². The van der Waals surface area contributed by atoms with Crippen LogP contribution in [0.15, 0.2) is 24.4 Å². The molecular weight excluding hydrogens is 220 g/mol. The Morgan fingerprint density at radius 1 is 1.17 bits per heavy atom. The molecule has 0 amide bonds. The lowest BCUT2D eigenvalue weighted by molar-refractivity contribution is 0.410. The van der Waals surface area contributed by atoms with E-state index in [-0.39, 0.29) is 0 Å². The highest BCUT2D eigenvalue weighted by Gasteiger charge is 2.18. The second-order valence-corrected chi connectivity index (χ2v) is 5.06. The molecule has 1 N–H and O–H groups in total. The summed E-state index contributed by atoms with van der Waals surface area (Å²) >= 11 is 0. The molecule has 2 atom stereocenters. The highest BCUT2D eigenvalue weighted by Crippen LogP contribution is 2.21. The van der Waals surface area contributed by atoms with Crippen molar-refractivity contribution in [1.82, 2.24) is 10.3 Å². The first-order valence-electron chi connectivity index (χ1n) is 7.43. The molecule has 0 aromatic carbocycles. The lowest BCUT2D eigenvalue weighted by Gasteiger charge is -2.24. The molecule has 0 spiro atoms. The van der Waals surface area contributed by atoms with Gasteiger partial charge in [-0.2, -0.15) is 0 Å². The van der Waals surface area contributed by atoms with Gasteiger partial charge in [0.05, 0.1) is 0 Å². The molecule has 0 saturated carbocycles. The van der Waals surface area contributed by atoms with Crippen LogP contribution in [0.25, 0.3) is 0 Å². The fourth-order valence-electron chi connectivity index (χ4n) is 2.43. The summed E-state index contributed by atoms with van der Waals surface area (Å²) in [6, 6.07) is 6.77. The van der Waals surface area contributed by atoms with Gasteiger partial charge in [0.1, 0.15) is 0 Å². The normalized spacial score (nSPS) is 14.4. The molecule has 2 nitrogen and oxygen atoms in total. The largest absolute Gasteiger partial charge is 0.314 e. The molecule has 1 rings (SSSR count). The maximum atomic E-state index is 4.49. The predicted molar refractivity (Wildman–Crippen MR) is 78.9 cm³/mol. The van der Waals surface area contributed by atoms with Gasteiger partial charge in [-0.15, -0.1) is 0 Å². The van der Waals surface area contributed by atoms with E-state index >= 15 is 0 Å². The highest BCUT2D eigenvalue weighted by atomic mass is 14.9. The van der Waals surface area contributed by atoms with Crippen molar-refractivity contribution in [2.24, 2.45) is 0 Å². The van der Waals surface area contributed by atoms with Gasteiger partial charge in [0.2, 0.25) is 0 Å². The van der Waals surface area contributed by atoms with Gasteiger partial charge in [0.15, 0.2) is 0 Å². The van der Waals surface area contributed by atoms with Crippen LogP contribution in [0.5, 0.6) is 0 Å². The quantitative estimate of drug-likeness (QED) is 0.665. The standard InChI is InChI=1S/C16H28N2/c1-4-6-7-8-11-15(17-5-2)14(3)16-12-9-10-13-18-16/h9-10,12-15,17H,4-8,11H2,1-3H3. The molecular formula is C16H28N2.